The molecular weight excluding hydrogens is 468 g/mol. The molecule has 2 unspecified atom stereocenters. The van der Waals surface area contributed by atoms with E-state index in [9.17, 15) is 9.35 Å². The number of urea groups is 1. The molecule has 2 atom stereocenters. The van der Waals surface area contributed by atoms with Crippen LogP contribution in [0.2, 0.25) is 0 Å². The van der Waals surface area contributed by atoms with Gasteiger partial charge in [0, 0.05) is 36.0 Å². The van der Waals surface area contributed by atoms with E-state index in [1.165, 1.54) is 18.4 Å². The molecule has 0 saturated heterocycles. The summed E-state index contributed by atoms with van der Waals surface area (Å²) in [4.78, 5) is 25.0. The predicted octanol–water partition coefficient (Wildman–Crippen LogP) is 5.94. The molecule has 1 aliphatic carbocycles. The lowest BCUT2D eigenvalue weighted by atomic mass is 9.79. The molecule has 1 fully saturated rings. The fourth-order valence-electron chi connectivity index (χ4n) is 5.72. The van der Waals surface area contributed by atoms with Crippen molar-refractivity contribution in [3.05, 3.63) is 71.8 Å². The minimum Gasteiger partial charge on any atom is -0.612 e. The summed E-state index contributed by atoms with van der Waals surface area (Å²) in [5, 5.41) is 3.11. The fourth-order valence-corrected chi connectivity index (χ4v) is 6.24. The molecule has 36 heavy (non-hydrogen) atoms. The first-order chi connectivity index (χ1) is 17.4. The van der Waals surface area contributed by atoms with Crippen LogP contribution < -0.4 is 10.2 Å². The fraction of sp³-hybridized carbons (Fsp3) is 0.414. The van der Waals surface area contributed by atoms with E-state index in [0.717, 1.165) is 58.8 Å². The summed E-state index contributed by atoms with van der Waals surface area (Å²) in [5.74, 6) is 0.352. The third-order valence-electron chi connectivity index (χ3n) is 7.96. The highest BCUT2D eigenvalue weighted by Crippen LogP contribution is 2.51. The van der Waals surface area contributed by atoms with E-state index in [2.05, 4.69) is 47.3 Å². The number of nitrogens with one attached hydrogen (secondary N) is 1. The van der Waals surface area contributed by atoms with Crippen molar-refractivity contribution in [1.29, 1.82) is 0 Å². The van der Waals surface area contributed by atoms with Crippen LogP contribution in [0.1, 0.15) is 68.7 Å². The Morgan fingerprint density at radius 1 is 1.19 bits per heavy atom. The van der Waals surface area contributed by atoms with Crippen LogP contribution in [0.25, 0.3) is 11.1 Å². The Labute approximate surface area is 216 Å². The highest BCUT2D eigenvalue weighted by atomic mass is 32.2. The normalized spacial score (nSPS) is 17.7. The molecule has 2 aromatic carbocycles. The van der Waals surface area contributed by atoms with Gasteiger partial charge in [-0.15, -0.1) is 0 Å². The number of hydrogen-bond donors (Lipinski definition) is 1. The van der Waals surface area contributed by atoms with Crippen LogP contribution in [-0.2, 0) is 23.1 Å². The van der Waals surface area contributed by atoms with Crippen molar-refractivity contribution in [1.82, 2.24) is 15.3 Å². The smallest absolute Gasteiger partial charge is 0.322 e. The summed E-state index contributed by atoms with van der Waals surface area (Å²) in [6.07, 6.45) is 10.8. The number of aromatic nitrogens is 2. The molecule has 7 heteroatoms. The van der Waals surface area contributed by atoms with Gasteiger partial charge < -0.3 is 9.87 Å². The van der Waals surface area contributed by atoms with Crippen LogP contribution >= 0.6 is 0 Å². The summed E-state index contributed by atoms with van der Waals surface area (Å²) in [6, 6.07) is 14.0. The van der Waals surface area contributed by atoms with Gasteiger partial charge in [0.25, 0.3) is 0 Å². The number of amides is 2. The topological polar surface area (TPSA) is 81.2 Å². The molecule has 2 aliphatic rings. The van der Waals surface area contributed by atoms with Crippen LogP contribution in [0, 0.1) is 0 Å². The number of benzene rings is 2. The van der Waals surface area contributed by atoms with Gasteiger partial charge >= 0.3 is 6.03 Å². The van der Waals surface area contributed by atoms with Crippen LogP contribution in [0.15, 0.2) is 59.9 Å². The first kappa shape index (κ1) is 24.8. The maximum atomic E-state index is 13.4. The van der Waals surface area contributed by atoms with E-state index >= 15 is 0 Å². The maximum Gasteiger partial charge on any atom is 0.322 e. The zero-order valence-corrected chi connectivity index (χ0v) is 22.1. The van der Waals surface area contributed by atoms with Gasteiger partial charge in [-0.05, 0) is 77.3 Å². The Morgan fingerprint density at radius 2 is 1.94 bits per heavy atom. The number of anilines is 1. The molecule has 2 amide bonds. The first-order valence-corrected chi connectivity index (χ1v) is 14.4. The average Bonchev–Trinajstić information content (AvgIpc) is 3.52. The van der Waals surface area contributed by atoms with Crippen LogP contribution in [0.4, 0.5) is 10.5 Å². The summed E-state index contributed by atoms with van der Waals surface area (Å²) in [5.41, 5.74) is 6.59. The minimum absolute atomic E-state index is 0.0156. The van der Waals surface area contributed by atoms with E-state index in [4.69, 9.17) is 0 Å². The van der Waals surface area contributed by atoms with Crippen molar-refractivity contribution in [2.45, 2.75) is 68.7 Å². The molecular formula is C29H34N4O2S. The third-order valence-corrected chi connectivity index (χ3v) is 8.89. The molecule has 3 aromatic rings. The Kier molecular flexibility index (Phi) is 7.04. The second-order valence-electron chi connectivity index (χ2n) is 10.2. The summed E-state index contributed by atoms with van der Waals surface area (Å²) in [7, 11) is 0. The zero-order chi connectivity index (χ0) is 25.3. The zero-order valence-electron chi connectivity index (χ0n) is 21.3. The molecule has 2 heterocycles. The van der Waals surface area contributed by atoms with E-state index < -0.39 is 11.2 Å². The van der Waals surface area contributed by atoms with Crippen molar-refractivity contribution >= 4 is 22.9 Å². The standard InChI is InChI=1S/C29H34N4O2S/c1-4-20(2)27-24(17-30-19-32-27)22-9-12-26-25(15-22)29(13-5-6-14-29)18-33(26)28(34)31-16-21-7-10-23(11-8-21)36(3)35/h7-12,15,17,19-20H,4-6,13-14,16,18H2,1-3H3,(H,31,34). The summed E-state index contributed by atoms with van der Waals surface area (Å²) in [6.45, 7) is 5.54. The molecule has 1 spiro atoms. The van der Waals surface area contributed by atoms with Gasteiger partial charge in [-0.25, -0.2) is 14.8 Å². The second-order valence-corrected chi connectivity index (χ2v) is 11.6. The van der Waals surface area contributed by atoms with Crippen molar-refractivity contribution in [3.8, 4) is 11.1 Å². The maximum absolute atomic E-state index is 13.4. The number of hydrogen-bond acceptors (Lipinski definition) is 4. The summed E-state index contributed by atoms with van der Waals surface area (Å²) >= 11 is -1.01. The lowest BCUT2D eigenvalue weighted by Crippen LogP contribution is -2.41. The van der Waals surface area contributed by atoms with Crippen molar-refractivity contribution < 1.29 is 9.35 Å². The van der Waals surface area contributed by atoms with Gasteiger partial charge in [0.05, 0.1) is 5.69 Å². The number of fused-ring (bicyclic) bond motifs is 2. The molecule has 0 radical (unpaired) electrons. The van der Waals surface area contributed by atoms with Crippen LogP contribution in [0.3, 0.4) is 0 Å². The van der Waals surface area contributed by atoms with Gasteiger partial charge in [0.2, 0.25) is 0 Å². The molecule has 1 aromatic heterocycles. The van der Waals surface area contributed by atoms with Crippen LogP contribution in [0.5, 0.6) is 0 Å². The van der Waals surface area contributed by atoms with E-state index in [1.54, 1.807) is 12.6 Å². The number of nitrogens with zero attached hydrogens (tertiary/aromatic N) is 3. The van der Waals surface area contributed by atoms with Gasteiger partial charge in [-0.3, -0.25) is 4.90 Å². The monoisotopic (exact) mass is 502 g/mol. The molecule has 1 N–H and O–H groups in total. The van der Waals surface area contributed by atoms with E-state index in [0.29, 0.717) is 12.5 Å². The second kappa shape index (κ2) is 10.2. The molecule has 1 saturated carbocycles. The number of carbonyl (C=O) groups excluding carboxylic acids is 1. The average molecular weight is 503 g/mol. The lowest BCUT2D eigenvalue weighted by Gasteiger charge is -2.25. The van der Waals surface area contributed by atoms with Crippen LogP contribution in [-0.4, -0.2) is 33.4 Å². The Bertz CT molecular complexity index is 1240. The predicted molar refractivity (Wildman–Crippen MR) is 145 cm³/mol. The Balaban J connectivity index is 1.42. The Hall–Kier alpha value is -2.90. The molecule has 1 aliphatic heterocycles. The number of rotatable bonds is 6. The quantitative estimate of drug-likeness (QED) is 0.423. The molecule has 188 valence electrons. The summed E-state index contributed by atoms with van der Waals surface area (Å²) < 4.78 is 11.6. The molecule has 6 nitrogen and oxygen atoms in total. The van der Waals surface area contributed by atoms with E-state index in [1.807, 2.05) is 35.4 Å². The first-order valence-electron chi connectivity index (χ1n) is 12.8. The van der Waals surface area contributed by atoms with Crippen molar-refractivity contribution in [2.24, 2.45) is 0 Å². The van der Waals surface area contributed by atoms with Gasteiger partial charge in [-0.1, -0.05) is 44.9 Å². The Morgan fingerprint density at radius 3 is 2.64 bits per heavy atom. The van der Waals surface area contributed by atoms with Crippen molar-refractivity contribution in [3.63, 3.8) is 0 Å². The van der Waals surface area contributed by atoms with Gasteiger partial charge in [0.1, 0.15) is 12.6 Å². The molecule has 5 rings (SSSR count). The van der Waals surface area contributed by atoms with E-state index in [-0.39, 0.29) is 11.4 Å². The largest absolute Gasteiger partial charge is 0.612 e. The molecule has 0 bridgehead atoms. The third kappa shape index (κ3) is 4.62. The van der Waals surface area contributed by atoms with Crippen molar-refractivity contribution in [2.75, 3.05) is 17.7 Å². The lowest BCUT2D eigenvalue weighted by molar-refractivity contribution is 0.245. The number of carbonyl (C=O) groups is 1. The highest BCUT2D eigenvalue weighted by molar-refractivity contribution is 7.90. The van der Waals surface area contributed by atoms with Gasteiger partial charge in [-0.2, -0.15) is 0 Å². The minimum atomic E-state index is -1.01. The SMILES string of the molecule is CCC(C)c1ncncc1-c1ccc2c(c1)C1(CCCC1)CN2C(=O)NCc1ccc([S+](C)[O-])cc1. The highest BCUT2D eigenvalue weighted by Gasteiger charge is 2.46. The van der Waals surface area contributed by atoms with Gasteiger partial charge in [0.15, 0.2) is 4.90 Å².